The van der Waals surface area contributed by atoms with Crippen LogP contribution in [0.2, 0.25) is 0 Å². The lowest BCUT2D eigenvalue weighted by Crippen LogP contribution is -2.44. The number of hydrogen-bond acceptors (Lipinski definition) is 8. The summed E-state index contributed by atoms with van der Waals surface area (Å²) >= 11 is 0. The molecule has 0 spiro atoms. The highest BCUT2D eigenvalue weighted by atomic mass is 19.1. The van der Waals surface area contributed by atoms with E-state index in [4.69, 9.17) is 10.5 Å². The first kappa shape index (κ1) is 29.3. The van der Waals surface area contributed by atoms with Crippen LogP contribution in [-0.4, -0.2) is 62.1 Å². The molecule has 2 aromatic heterocycles. The second kappa shape index (κ2) is 12.7. The fourth-order valence-corrected chi connectivity index (χ4v) is 3.88. The van der Waals surface area contributed by atoms with E-state index in [0.29, 0.717) is 18.2 Å². The Labute approximate surface area is 236 Å². The van der Waals surface area contributed by atoms with E-state index in [2.05, 4.69) is 25.9 Å². The minimum atomic E-state index is -0.816. The van der Waals surface area contributed by atoms with Gasteiger partial charge in [0.15, 0.2) is 5.69 Å². The zero-order chi connectivity index (χ0) is 29.6. The summed E-state index contributed by atoms with van der Waals surface area (Å²) in [5.41, 5.74) is 5.17. The van der Waals surface area contributed by atoms with Crippen molar-refractivity contribution >= 4 is 23.4 Å². The number of hydrogen-bond donors (Lipinski definition) is 3. The molecule has 2 aliphatic rings. The van der Waals surface area contributed by atoms with Crippen LogP contribution >= 0.6 is 0 Å². The largest absolute Gasteiger partial charge is 0.443 e. The third kappa shape index (κ3) is 7.94. The van der Waals surface area contributed by atoms with Gasteiger partial charge in [-0.25, -0.2) is 13.6 Å². The van der Waals surface area contributed by atoms with Gasteiger partial charge in [0.05, 0.1) is 23.1 Å². The molecule has 1 fully saturated rings. The van der Waals surface area contributed by atoms with Gasteiger partial charge >= 0.3 is 6.09 Å². The van der Waals surface area contributed by atoms with E-state index in [9.17, 15) is 18.4 Å². The molecule has 3 aromatic rings. The highest BCUT2D eigenvalue weighted by molar-refractivity contribution is 5.97. The van der Waals surface area contributed by atoms with E-state index >= 15 is 0 Å². The predicted molar refractivity (Wildman–Crippen MR) is 149 cm³/mol. The second-order valence-electron chi connectivity index (χ2n) is 10.5. The first-order valence-corrected chi connectivity index (χ1v) is 12.9. The maximum Gasteiger partial charge on any atom is 0.414 e. The Morgan fingerprint density at radius 3 is 2.49 bits per heavy atom. The number of nitrogens with one attached hydrogen (secondary N) is 2. The van der Waals surface area contributed by atoms with Crippen LogP contribution < -0.4 is 16.4 Å². The third-order valence-electron chi connectivity index (χ3n) is 5.91. The molecule has 4 heterocycles. The molecule has 5 rings (SSSR count). The van der Waals surface area contributed by atoms with E-state index in [1.54, 1.807) is 23.3 Å². The van der Waals surface area contributed by atoms with Crippen LogP contribution in [0.25, 0.3) is 11.3 Å². The van der Waals surface area contributed by atoms with Crippen LogP contribution in [0, 0.1) is 17.6 Å². The van der Waals surface area contributed by atoms with Crippen LogP contribution in [0.4, 0.5) is 25.0 Å². The lowest BCUT2D eigenvalue weighted by molar-refractivity contribution is 0.0350. The van der Waals surface area contributed by atoms with Crippen molar-refractivity contribution in [2.75, 3.05) is 25.0 Å². The zero-order valence-electron chi connectivity index (χ0n) is 23.0. The predicted octanol–water partition coefficient (Wildman–Crippen LogP) is 3.99. The molecular formula is C28H32F2N8O3. The molecule has 1 aromatic carbocycles. The summed E-state index contributed by atoms with van der Waals surface area (Å²) in [5, 5.41) is 18.0. The summed E-state index contributed by atoms with van der Waals surface area (Å²) in [5.74, 6) is -1.86. The third-order valence-corrected chi connectivity index (χ3v) is 5.91. The van der Waals surface area contributed by atoms with Crippen LogP contribution in [0.15, 0.2) is 61.1 Å². The first-order valence-electron chi connectivity index (χ1n) is 12.9. The SMILES string of the molecule is CC(C)(C)OC(=O)N1C=CC=CC1.NC(=O)c1nnc(-c2c(F)cccc2F)cc1Nc1cnn(CC2CNC2)c1. The van der Waals surface area contributed by atoms with E-state index in [-0.39, 0.29) is 28.7 Å². The lowest BCUT2D eigenvalue weighted by Gasteiger charge is -2.26. The standard InChI is InChI=1S/C18H17F2N7O.C10H15NO2/c19-12-2-1-3-13(20)16(12)14-4-15(17(18(21)28)26-25-14)24-11-7-23-27(9-11)8-10-5-22-6-10;1-10(2,3)13-9(12)11-7-5-4-6-8-11/h1-4,7,9-10,22H,5-6,8H2,(H2,21,28)(H,24,25);4-7H,8H2,1-3H3. The van der Waals surface area contributed by atoms with Crippen molar-refractivity contribution in [2.24, 2.45) is 11.7 Å². The Morgan fingerprint density at radius 2 is 1.90 bits per heavy atom. The molecule has 2 aliphatic heterocycles. The minimum Gasteiger partial charge on any atom is -0.443 e. The van der Waals surface area contributed by atoms with Crippen molar-refractivity contribution in [2.45, 2.75) is 32.9 Å². The molecule has 11 nitrogen and oxygen atoms in total. The number of rotatable bonds is 6. The first-order chi connectivity index (χ1) is 19.5. The zero-order valence-corrected chi connectivity index (χ0v) is 23.0. The summed E-state index contributed by atoms with van der Waals surface area (Å²) in [6.45, 7) is 8.81. The summed E-state index contributed by atoms with van der Waals surface area (Å²) in [6, 6.07) is 4.83. The molecule has 0 radical (unpaired) electrons. The smallest absolute Gasteiger partial charge is 0.414 e. The Balaban J connectivity index is 0.000000251. The number of benzene rings is 1. The van der Waals surface area contributed by atoms with Crippen LogP contribution in [0.1, 0.15) is 31.3 Å². The van der Waals surface area contributed by atoms with Crippen molar-refractivity contribution in [3.63, 3.8) is 0 Å². The Morgan fingerprint density at radius 1 is 1.17 bits per heavy atom. The molecule has 0 unspecified atom stereocenters. The normalized spacial score (nSPS) is 14.6. The van der Waals surface area contributed by atoms with E-state index in [0.717, 1.165) is 31.8 Å². The van der Waals surface area contributed by atoms with E-state index < -0.39 is 23.1 Å². The average molecular weight is 567 g/mol. The second-order valence-corrected chi connectivity index (χ2v) is 10.5. The van der Waals surface area contributed by atoms with Gasteiger partial charge in [0.2, 0.25) is 0 Å². The number of amides is 2. The summed E-state index contributed by atoms with van der Waals surface area (Å²) in [4.78, 5) is 24.7. The molecular weight excluding hydrogens is 534 g/mol. The summed E-state index contributed by atoms with van der Waals surface area (Å²) in [6.07, 6.45) is 10.4. The van der Waals surface area contributed by atoms with Crippen molar-refractivity contribution in [1.82, 2.24) is 30.2 Å². The molecule has 2 amide bonds. The Hall–Kier alpha value is -4.65. The van der Waals surface area contributed by atoms with Crippen LogP contribution in [0.3, 0.4) is 0 Å². The summed E-state index contributed by atoms with van der Waals surface area (Å²) < 4.78 is 35.1. The lowest BCUT2D eigenvalue weighted by atomic mass is 10.0. The fraction of sp³-hybridized carbons (Fsp3) is 0.321. The van der Waals surface area contributed by atoms with Gasteiger partial charge in [-0.3, -0.25) is 14.4 Å². The van der Waals surface area contributed by atoms with Gasteiger partial charge in [-0.1, -0.05) is 18.2 Å². The van der Waals surface area contributed by atoms with Gasteiger partial charge in [-0.15, -0.1) is 10.2 Å². The quantitative estimate of drug-likeness (QED) is 0.407. The number of halogens is 2. The van der Waals surface area contributed by atoms with Crippen LogP contribution in [-0.2, 0) is 11.3 Å². The highest BCUT2D eigenvalue weighted by Crippen LogP contribution is 2.28. The maximum absolute atomic E-state index is 14.1. The number of nitrogens with zero attached hydrogens (tertiary/aromatic N) is 5. The number of ether oxygens (including phenoxy) is 1. The Kier molecular flexibility index (Phi) is 9.07. The van der Waals surface area contributed by atoms with Gasteiger partial charge in [-0.2, -0.15) is 5.10 Å². The number of nitrogens with two attached hydrogens (primary N) is 1. The van der Waals surface area contributed by atoms with Crippen molar-refractivity contribution in [3.8, 4) is 11.3 Å². The topological polar surface area (TPSA) is 140 Å². The van der Waals surface area contributed by atoms with Gasteiger partial charge in [0, 0.05) is 44.5 Å². The van der Waals surface area contributed by atoms with E-state index in [1.807, 2.05) is 39.0 Å². The molecule has 41 heavy (non-hydrogen) atoms. The van der Waals surface area contributed by atoms with Gasteiger partial charge in [-0.05, 0) is 45.0 Å². The summed E-state index contributed by atoms with van der Waals surface area (Å²) in [7, 11) is 0. The molecule has 13 heteroatoms. The Bertz CT molecular complexity index is 1440. The van der Waals surface area contributed by atoms with Crippen molar-refractivity contribution in [3.05, 3.63) is 78.4 Å². The van der Waals surface area contributed by atoms with Gasteiger partial charge < -0.3 is 21.1 Å². The number of allylic oxidation sites excluding steroid dienone is 2. The van der Waals surface area contributed by atoms with Crippen molar-refractivity contribution in [1.29, 1.82) is 0 Å². The van der Waals surface area contributed by atoms with Gasteiger partial charge in [0.1, 0.15) is 22.9 Å². The molecule has 0 aliphatic carbocycles. The maximum atomic E-state index is 14.1. The molecule has 0 bridgehead atoms. The van der Waals surface area contributed by atoms with Gasteiger partial charge in [0.25, 0.3) is 5.91 Å². The number of anilines is 2. The molecule has 0 saturated carbocycles. The monoisotopic (exact) mass is 566 g/mol. The van der Waals surface area contributed by atoms with E-state index in [1.165, 1.54) is 17.0 Å². The highest BCUT2D eigenvalue weighted by Gasteiger charge is 2.21. The fourth-order valence-electron chi connectivity index (χ4n) is 3.88. The van der Waals surface area contributed by atoms with Crippen LogP contribution in [0.5, 0.6) is 0 Å². The average Bonchev–Trinajstić information content (AvgIpc) is 3.33. The number of carbonyl (C=O) groups excluding carboxylic acids is 2. The molecule has 1 saturated heterocycles. The number of aromatic nitrogens is 4. The molecule has 216 valence electrons. The van der Waals surface area contributed by atoms with Crippen molar-refractivity contribution < 1.29 is 23.1 Å². The molecule has 4 N–H and O–H groups in total. The number of carbonyl (C=O) groups is 2. The molecule has 0 atom stereocenters. The number of primary amides is 1. The minimum absolute atomic E-state index is 0.0592.